The minimum Gasteiger partial charge on any atom is -0.385 e. The van der Waals surface area contributed by atoms with Crippen molar-refractivity contribution in [1.82, 2.24) is 5.32 Å². The van der Waals surface area contributed by atoms with E-state index in [9.17, 15) is 0 Å². The van der Waals surface area contributed by atoms with Crippen LogP contribution in [-0.4, -0.2) is 20.1 Å². The maximum Gasteiger partial charge on any atom is 0.0340 e. The van der Waals surface area contributed by atoms with E-state index in [0.717, 1.165) is 19.5 Å². The molecule has 0 fully saturated rings. The van der Waals surface area contributed by atoms with Crippen molar-refractivity contribution >= 4 is 5.69 Å². The molecule has 1 aromatic carbocycles. The highest BCUT2D eigenvalue weighted by Crippen LogP contribution is 2.10. The Kier molecular flexibility index (Phi) is 5.86. The molecule has 2 heteroatoms. The number of hydrogen-bond acceptors (Lipinski definition) is 2. The lowest BCUT2D eigenvalue weighted by Crippen LogP contribution is -2.12. The van der Waals surface area contributed by atoms with Crippen LogP contribution in [0.2, 0.25) is 0 Å². The molecule has 0 aliphatic rings. The Morgan fingerprint density at radius 1 is 1.07 bits per heavy atom. The first-order valence-corrected chi connectivity index (χ1v) is 5.84. The van der Waals surface area contributed by atoms with Crippen LogP contribution < -0.4 is 10.6 Å². The lowest BCUT2D eigenvalue weighted by atomic mass is 10.1. The van der Waals surface area contributed by atoms with Crippen LogP contribution in [0.25, 0.3) is 0 Å². The summed E-state index contributed by atoms with van der Waals surface area (Å²) in [5.74, 6) is 0. The van der Waals surface area contributed by atoms with Crippen LogP contribution in [0.4, 0.5) is 5.69 Å². The summed E-state index contributed by atoms with van der Waals surface area (Å²) in [7, 11) is 1.99. The van der Waals surface area contributed by atoms with Crippen molar-refractivity contribution in [3.05, 3.63) is 29.8 Å². The van der Waals surface area contributed by atoms with E-state index in [0.29, 0.717) is 0 Å². The molecule has 0 saturated heterocycles. The van der Waals surface area contributed by atoms with E-state index < -0.39 is 0 Å². The standard InChI is InChI=1S/C13H22N2/c1-3-5-12-6-8-13(9-7-12)15-11-4-10-14-2/h6-9,14-15H,3-5,10-11H2,1-2H3. The van der Waals surface area contributed by atoms with E-state index in [2.05, 4.69) is 41.8 Å². The summed E-state index contributed by atoms with van der Waals surface area (Å²) in [6, 6.07) is 8.77. The molecule has 2 nitrogen and oxygen atoms in total. The second kappa shape index (κ2) is 7.30. The van der Waals surface area contributed by atoms with Crippen molar-refractivity contribution in [3.8, 4) is 0 Å². The Bertz CT molecular complexity index is 254. The summed E-state index contributed by atoms with van der Waals surface area (Å²) in [5, 5.41) is 6.55. The SMILES string of the molecule is CCCc1ccc(NCCCNC)cc1. The summed E-state index contributed by atoms with van der Waals surface area (Å²) >= 11 is 0. The third kappa shape index (κ3) is 4.84. The largest absolute Gasteiger partial charge is 0.385 e. The van der Waals surface area contributed by atoms with Gasteiger partial charge in [-0.15, -0.1) is 0 Å². The third-order valence-electron chi connectivity index (χ3n) is 2.43. The Morgan fingerprint density at radius 2 is 1.80 bits per heavy atom. The molecule has 0 atom stereocenters. The second-order valence-electron chi connectivity index (χ2n) is 3.83. The van der Waals surface area contributed by atoms with Gasteiger partial charge in [0.1, 0.15) is 0 Å². The molecule has 0 unspecified atom stereocenters. The molecular formula is C13H22N2. The maximum absolute atomic E-state index is 3.41. The highest BCUT2D eigenvalue weighted by Gasteiger charge is 1.93. The van der Waals surface area contributed by atoms with Crippen LogP contribution in [-0.2, 0) is 6.42 Å². The van der Waals surface area contributed by atoms with E-state index in [-0.39, 0.29) is 0 Å². The monoisotopic (exact) mass is 206 g/mol. The van der Waals surface area contributed by atoms with E-state index in [1.807, 2.05) is 7.05 Å². The molecule has 15 heavy (non-hydrogen) atoms. The number of rotatable bonds is 7. The lowest BCUT2D eigenvalue weighted by Gasteiger charge is -2.06. The minimum absolute atomic E-state index is 1.04. The van der Waals surface area contributed by atoms with Crippen LogP contribution in [0, 0.1) is 0 Å². The average Bonchev–Trinajstić information content (AvgIpc) is 2.27. The zero-order valence-corrected chi connectivity index (χ0v) is 9.84. The Morgan fingerprint density at radius 3 is 2.40 bits per heavy atom. The highest BCUT2D eigenvalue weighted by molar-refractivity contribution is 5.44. The zero-order chi connectivity index (χ0) is 10.9. The fourth-order valence-electron chi connectivity index (χ4n) is 1.58. The first-order valence-electron chi connectivity index (χ1n) is 5.84. The summed E-state index contributed by atoms with van der Waals surface area (Å²) < 4.78 is 0. The van der Waals surface area contributed by atoms with Crippen molar-refractivity contribution < 1.29 is 0 Å². The molecule has 1 rings (SSSR count). The molecule has 0 spiro atoms. The summed E-state index contributed by atoms with van der Waals surface area (Å²) in [6.45, 7) is 4.32. The Balaban J connectivity index is 2.29. The molecule has 0 aliphatic heterocycles. The summed E-state index contributed by atoms with van der Waals surface area (Å²) in [6.07, 6.45) is 3.56. The van der Waals surface area contributed by atoms with Crippen molar-refractivity contribution in [3.63, 3.8) is 0 Å². The first-order chi connectivity index (χ1) is 7.36. The van der Waals surface area contributed by atoms with Gasteiger partial charge in [-0.25, -0.2) is 0 Å². The van der Waals surface area contributed by atoms with E-state index in [4.69, 9.17) is 0 Å². The van der Waals surface area contributed by atoms with Gasteiger partial charge in [0.15, 0.2) is 0 Å². The number of anilines is 1. The molecule has 84 valence electrons. The van der Waals surface area contributed by atoms with Gasteiger partial charge in [0.25, 0.3) is 0 Å². The molecule has 1 aromatic rings. The third-order valence-corrected chi connectivity index (χ3v) is 2.43. The van der Waals surface area contributed by atoms with Gasteiger partial charge in [-0.05, 0) is 44.1 Å². The molecule has 0 aliphatic carbocycles. The van der Waals surface area contributed by atoms with Crippen LogP contribution in [0.15, 0.2) is 24.3 Å². The van der Waals surface area contributed by atoms with E-state index in [1.54, 1.807) is 0 Å². The molecule has 0 radical (unpaired) electrons. The predicted octanol–water partition coefficient (Wildman–Crippen LogP) is 2.66. The fourth-order valence-corrected chi connectivity index (χ4v) is 1.58. The minimum atomic E-state index is 1.04. The number of nitrogens with one attached hydrogen (secondary N) is 2. The van der Waals surface area contributed by atoms with Gasteiger partial charge < -0.3 is 10.6 Å². The average molecular weight is 206 g/mol. The van der Waals surface area contributed by atoms with E-state index in [1.165, 1.54) is 24.1 Å². The van der Waals surface area contributed by atoms with Gasteiger partial charge in [0.2, 0.25) is 0 Å². The predicted molar refractivity (Wildman–Crippen MR) is 67.5 cm³/mol. The molecule has 0 bridgehead atoms. The number of benzene rings is 1. The lowest BCUT2D eigenvalue weighted by molar-refractivity contribution is 0.748. The normalized spacial score (nSPS) is 10.3. The maximum atomic E-state index is 3.41. The fraction of sp³-hybridized carbons (Fsp3) is 0.538. The van der Waals surface area contributed by atoms with Gasteiger partial charge in [-0.2, -0.15) is 0 Å². The van der Waals surface area contributed by atoms with Gasteiger partial charge in [-0.3, -0.25) is 0 Å². The first kappa shape index (κ1) is 12.1. The summed E-state index contributed by atoms with van der Waals surface area (Å²) in [5.41, 5.74) is 2.66. The molecule has 2 N–H and O–H groups in total. The van der Waals surface area contributed by atoms with Gasteiger partial charge in [-0.1, -0.05) is 25.5 Å². The van der Waals surface area contributed by atoms with Crippen molar-refractivity contribution in [2.24, 2.45) is 0 Å². The molecule has 0 aromatic heterocycles. The highest BCUT2D eigenvalue weighted by atomic mass is 14.9. The van der Waals surface area contributed by atoms with Crippen molar-refractivity contribution in [2.75, 3.05) is 25.5 Å². The summed E-state index contributed by atoms with van der Waals surface area (Å²) in [4.78, 5) is 0. The number of hydrogen-bond donors (Lipinski definition) is 2. The molecule has 0 saturated carbocycles. The molecular weight excluding hydrogens is 184 g/mol. The van der Waals surface area contributed by atoms with Crippen LogP contribution in [0.5, 0.6) is 0 Å². The topological polar surface area (TPSA) is 24.1 Å². The van der Waals surface area contributed by atoms with Crippen molar-refractivity contribution in [1.29, 1.82) is 0 Å². The smallest absolute Gasteiger partial charge is 0.0340 e. The molecule has 0 heterocycles. The van der Waals surface area contributed by atoms with Crippen molar-refractivity contribution in [2.45, 2.75) is 26.2 Å². The Labute approximate surface area is 93.1 Å². The zero-order valence-electron chi connectivity index (χ0n) is 9.84. The van der Waals surface area contributed by atoms with Gasteiger partial charge in [0.05, 0.1) is 0 Å². The second-order valence-corrected chi connectivity index (χ2v) is 3.83. The molecule has 0 amide bonds. The number of aryl methyl sites for hydroxylation is 1. The van der Waals surface area contributed by atoms with Gasteiger partial charge >= 0.3 is 0 Å². The van der Waals surface area contributed by atoms with Gasteiger partial charge in [0, 0.05) is 12.2 Å². The van der Waals surface area contributed by atoms with Crippen LogP contribution in [0.3, 0.4) is 0 Å². The Hall–Kier alpha value is -1.02. The van der Waals surface area contributed by atoms with Crippen LogP contribution in [0.1, 0.15) is 25.3 Å². The van der Waals surface area contributed by atoms with E-state index >= 15 is 0 Å². The van der Waals surface area contributed by atoms with Crippen LogP contribution >= 0.6 is 0 Å². The quantitative estimate of drug-likeness (QED) is 0.670.